The highest BCUT2D eigenvalue weighted by Crippen LogP contribution is 2.52. The molecule has 2 aliphatic rings. The molecule has 2 unspecified atom stereocenters. The highest BCUT2D eigenvalue weighted by molar-refractivity contribution is 5.30. The van der Waals surface area contributed by atoms with Gasteiger partial charge < -0.3 is 15.3 Å². The van der Waals surface area contributed by atoms with Gasteiger partial charge in [-0.25, -0.2) is 4.68 Å². The summed E-state index contributed by atoms with van der Waals surface area (Å²) in [7, 11) is 2.21. The normalized spacial score (nSPS) is 31.7. The number of nitrogens with zero attached hydrogens (tertiary/aromatic N) is 3. The van der Waals surface area contributed by atoms with Crippen molar-refractivity contribution in [1.82, 2.24) is 20.0 Å². The van der Waals surface area contributed by atoms with E-state index in [2.05, 4.69) is 36.2 Å². The fraction of sp³-hybridized carbons (Fsp3) is 0.571. The number of aromatic nitrogens is 2. The Morgan fingerprint density at radius 3 is 2.69 bits per heavy atom. The summed E-state index contributed by atoms with van der Waals surface area (Å²) in [4.78, 5) is 2.45. The zero-order chi connectivity index (χ0) is 18.3. The van der Waals surface area contributed by atoms with Crippen molar-refractivity contribution in [3.63, 3.8) is 0 Å². The molecule has 1 spiro atoms. The molecule has 1 aliphatic heterocycles. The quantitative estimate of drug-likeness (QED) is 0.866. The zero-order valence-corrected chi connectivity index (χ0v) is 16.0. The minimum atomic E-state index is -0.263. The van der Waals surface area contributed by atoms with E-state index in [4.69, 9.17) is 0 Å². The predicted octanol–water partition coefficient (Wildman–Crippen LogP) is 2.44. The molecule has 2 aromatic rings. The van der Waals surface area contributed by atoms with E-state index in [-0.39, 0.29) is 17.6 Å². The summed E-state index contributed by atoms with van der Waals surface area (Å²) < 4.78 is 1.90. The summed E-state index contributed by atoms with van der Waals surface area (Å²) in [5.74, 6) is 0.626. The molecule has 0 bridgehead atoms. The van der Waals surface area contributed by atoms with Crippen molar-refractivity contribution in [2.24, 2.45) is 11.3 Å². The summed E-state index contributed by atoms with van der Waals surface area (Å²) in [6, 6.07) is 12.9. The summed E-state index contributed by atoms with van der Waals surface area (Å²) >= 11 is 0. The average Bonchev–Trinajstić information content (AvgIpc) is 3.18. The Balaban J connectivity index is 1.38. The Hall–Kier alpha value is -1.69. The van der Waals surface area contributed by atoms with Crippen LogP contribution in [0.3, 0.4) is 0 Å². The first-order valence-electron chi connectivity index (χ1n) is 9.70. The Morgan fingerprint density at radius 1 is 1.23 bits per heavy atom. The molecule has 5 nitrogen and oxygen atoms in total. The van der Waals surface area contributed by atoms with Crippen molar-refractivity contribution in [3.05, 3.63) is 48.3 Å². The first kappa shape index (κ1) is 17.7. The van der Waals surface area contributed by atoms with Crippen LogP contribution in [0.5, 0.6) is 0 Å². The second-order valence-corrected chi connectivity index (χ2v) is 8.52. The minimum absolute atomic E-state index is 0.159. The molecular formula is C21H30N4O. The number of aliphatic hydroxyl groups excluding tert-OH is 1. The third-order valence-corrected chi connectivity index (χ3v) is 6.22. The van der Waals surface area contributed by atoms with E-state index in [1.807, 2.05) is 47.3 Å². The zero-order valence-electron chi connectivity index (χ0n) is 16.0. The first-order valence-corrected chi connectivity index (χ1v) is 9.70. The van der Waals surface area contributed by atoms with Crippen LogP contribution in [0, 0.1) is 11.3 Å². The number of aliphatic hydroxyl groups is 1. The van der Waals surface area contributed by atoms with E-state index in [0.29, 0.717) is 18.5 Å². The topological polar surface area (TPSA) is 53.3 Å². The van der Waals surface area contributed by atoms with Crippen molar-refractivity contribution < 1.29 is 5.11 Å². The van der Waals surface area contributed by atoms with Crippen LogP contribution in [0.15, 0.2) is 42.6 Å². The van der Waals surface area contributed by atoms with Crippen LogP contribution < -0.4 is 5.32 Å². The van der Waals surface area contributed by atoms with Crippen molar-refractivity contribution in [2.45, 2.75) is 51.4 Å². The SMILES string of the molecule is CC(C)C1N(C)CC12C[C@@H](O)[C@H](NCc1ccn(-c3ccccc3)n1)C2. The maximum absolute atomic E-state index is 10.6. The van der Waals surface area contributed by atoms with Gasteiger partial charge in [-0.1, -0.05) is 32.0 Å². The Morgan fingerprint density at radius 2 is 2.00 bits per heavy atom. The van der Waals surface area contributed by atoms with Crippen LogP contribution in [-0.4, -0.2) is 51.6 Å². The minimum Gasteiger partial charge on any atom is -0.391 e. The number of para-hydroxylation sites is 1. The van der Waals surface area contributed by atoms with Gasteiger partial charge in [-0.2, -0.15) is 5.10 Å². The highest BCUT2D eigenvalue weighted by atomic mass is 16.3. The van der Waals surface area contributed by atoms with Crippen LogP contribution >= 0.6 is 0 Å². The van der Waals surface area contributed by atoms with Crippen LogP contribution in [-0.2, 0) is 6.54 Å². The van der Waals surface area contributed by atoms with E-state index < -0.39 is 0 Å². The average molecular weight is 354 g/mol. The van der Waals surface area contributed by atoms with Gasteiger partial charge in [0.05, 0.1) is 17.5 Å². The number of hydrogen-bond acceptors (Lipinski definition) is 4. The number of hydrogen-bond donors (Lipinski definition) is 2. The second-order valence-electron chi connectivity index (χ2n) is 8.52. The molecule has 1 saturated heterocycles. The fourth-order valence-corrected chi connectivity index (χ4v) is 5.47. The largest absolute Gasteiger partial charge is 0.391 e. The monoisotopic (exact) mass is 354 g/mol. The summed E-state index contributed by atoms with van der Waals surface area (Å²) in [5.41, 5.74) is 2.35. The molecule has 5 heteroatoms. The predicted molar refractivity (Wildman–Crippen MR) is 103 cm³/mol. The fourth-order valence-electron chi connectivity index (χ4n) is 5.47. The lowest BCUT2D eigenvalue weighted by Gasteiger charge is -2.57. The lowest BCUT2D eigenvalue weighted by Crippen LogP contribution is -2.64. The molecule has 4 rings (SSSR count). The molecule has 0 radical (unpaired) electrons. The van der Waals surface area contributed by atoms with Gasteiger partial charge in [-0.05, 0) is 44.0 Å². The van der Waals surface area contributed by atoms with Crippen molar-refractivity contribution in [2.75, 3.05) is 13.6 Å². The van der Waals surface area contributed by atoms with Gasteiger partial charge in [0.15, 0.2) is 0 Å². The third-order valence-electron chi connectivity index (χ3n) is 6.22. The molecule has 1 aromatic heterocycles. The van der Waals surface area contributed by atoms with Crippen LogP contribution in [0.4, 0.5) is 0 Å². The molecule has 0 amide bonds. The second kappa shape index (κ2) is 6.80. The first-order chi connectivity index (χ1) is 12.5. The Bertz CT molecular complexity index is 739. The van der Waals surface area contributed by atoms with Gasteiger partial charge in [0.2, 0.25) is 0 Å². The van der Waals surface area contributed by atoms with Gasteiger partial charge in [0, 0.05) is 36.8 Å². The maximum atomic E-state index is 10.6. The van der Waals surface area contributed by atoms with E-state index in [1.54, 1.807) is 0 Å². The molecule has 26 heavy (non-hydrogen) atoms. The molecule has 140 valence electrons. The van der Waals surface area contributed by atoms with E-state index in [9.17, 15) is 5.11 Å². The smallest absolute Gasteiger partial charge is 0.0766 e. The molecule has 1 aliphatic carbocycles. The van der Waals surface area contributed by atoms with Gasteiger partial charge in [-0.3, -0.25) is 0 Å². The highest BCUT2D eigenvalue weighted by Gasteiger charge is 2.57. The molecule has 2 fully saturated rings. The van der Waals surface area contributed by atoms with E-state index in [0.717, 1.165) is 30.8 Å². The third kappa shape index (κ3) is 3.08. The molecule has 2 heterocycles. The number of benzene rings is 1. The molecule has 4 atom stereocenters. The number of likely N-dealkylation sites (tertiary alicyclic amines) is 1. The van der Waals surface area contributed by atoms with E-state index in [1.165, 1.54) is 0 Å². The number of rotatable bonds is 5. The van der Waals surface area contributed by atoms with Crippen LogP contribution in [0.2, 0.25) is 0 Å². The van der Waals surface area contributed by atoms with Gasteiger partial charge in [0.25, 0.3) is 0 Å². The maximum Gasteiger partial charge on any atom is 0.0766 e. The molecular weight excluding hydrogens is 324 g/mol. The lowest BCUT2D eigenvalue weighted by atomic mass is 9.66. The molecule has 1 saturated carbocycles. The standard InChI is InChI=1S/C21H30N4O/c1-15(2)20-21(14-24(20)3)11-18(19(26)12-21)22-13-16-9-10-25(23-16)17-7-5-4-6-8-17/h4-10,15,18-20,22,26H,11-14H2,1-3H3/t18-,19-,20?,21?/m1/s1. The number of nitrogens with one attached hydrogen (secondary N) is 1. The van der Waals surface area contributed by atoms with Gasteiger partial charge in [-0.15, -0.1) is 0 Å². The molecule has 2 N–H and O–H groups in total. The van der Waals surface area contributed by atoms with Crippen LogP contribution in [0.1, 0.15) is 32.4 Å². The van der Waals surface area contributed by atoms with E-state index >= 15 is 0 Å². The summed E-state index contributed by atoms with van der Waals surface area (Å²) in [6.07, 6.45) is 3.70. The van der Waals surface area contributed by atoms with Crippen molar-refractivity contribution in [3.8, 4) is 5.69 Å². The lowest BCUT2D eigenvalue weighted by molar-refractivity contribution is -0.0828. The van der Waals surface area contributed by atoms with Crippen molar-refractivity contribution >= 4 is 0 Å². The van der Waals surface area contributed by atoms with Crippen molar-refractivity contribution in [1.29, 1.82) is 0 Å². The summed E-state index contributed by atoms with van der Waals surface area (Å²) in [6.45, 7) is 6.39. The Labute approximate surface area is 156 Å². The molecule has 1 aromatic carbocycles. The Kier molecular flexibility index (Phi) is 4.63. The summed E-state index contributed by atoms with van der Waals surface area (Å²) in [5, 5.41) is 18.9. The van der Waals surface area contributed by atoms with Gasteiger partial charge >= 0.3 is 0 Å². The van der Waals surface area contributed by atoms with Gasteiger partial charge in [0.1, 0.15) is 0 Å². The van der Waals surface area contributed by atoms with Crippen LogP contribution in [0.25, 0.3) is 5.69 Å².